The van der Waals surface area contributed by atoms with Crippen LogP contribution >= 0.6 is 0 Å². The third kappa shape index (κ3) is 1.49. The van der Waals surface area contributed by atoms with Gasteiger partial charge in [0.25, 0.3) is 0 Å². The summed E-state index contributed by atoms with van der Waals surface area (Å²) in [7, 11) is 0. The Bertz CT molecular complexity index is 345. The van der Waals surface area contributed by atoms with Gasteiger partial charge in [-0.3, -0.25) is 10.00 Å². The van der Waals surface area contributed by atoms with Gasteiger partial charge in [-0.15, -0.1) is 0 Å². The Morgan fingerprint density at radius 2 is 2.13 bits per heavy atom. The van der Waals surface area contributed by atoms with Gasteiger partial charge < -0.3 is 0 Å². The van der Waals surface area contributed by atoms with E-state index in [0.717, 1.165) is 5.82 Å². The zero-order valence-corrected chi connectivity index (χ0v) is 8.82. The van der Waals surface area contributed by atoms with Crippen molar-refractivity contribution in [2.24, 2.45) is 0 Å². The fourth-order valence-corrected chi connectivity index (χ4v) is 2.95. The molecule has 2 saturated heterocycles. The number of hydrogen-bond acceptors (Lipinski definition) is 3. The van der Waals surface area contributed by atoms with Crippen molar-refractivity contribution in [3.63, 3.8) is 0 Å². The average molecular weight is 204 g/mol. The van der Waals surface area contributed by atoms with Crippen molar-refractivity contribution in [2.45, 2.75) is 31.2 Å². The number of nitrogens with zero attached hydrogens (tertiary/aromatic N) is 3. The van der Waals surface area contributed by atoms with Gasteiger partial charge in [0.15, 0.2) is 0 Å². The lowest BCUT2D eigenvalue weighted by molar-refractivity contribution is 0.251. The maximum Gasteiger partial charge on any atom is 0.147 e. The lowest BCUT2D eigenvalue weighted by Crippen LogP contribution is -2.35. The van der Waals surface area contributed by atoms with Gasteiger partial charge >= 0.3 is 0 Å². The van der Waals surface area contributed by atoms with E-state index in [9.17, 15) is 0 Å². The summed E-state index contributed by atoms with van der Waals surface area (Å²) in [5.41, 5.74) is 0.340. The molecule has 15 heavy (non-hydrogen) atoms. The Hall–Kier alpha value is -1.16. The van der Waals surface area contributed by atoms with Crippen molar-refractivity contribution in [2.75, 3.05) is 13.1 Å². The molecule has 0 bridgehead atoms. The van der Waals surface area contributed by atoms with Crippen LogP contribution in [-0.4, -0.2) is 38.7 Å². The Kier molecular flexibility index (Phi) is 2.09. The molecular weight excluding hydrogens is 188 g/mol. The highest BCUT2D eigenvalue weighted by Crippen LogP contribution is 2.39. The maximum absolute atomic E-state index is 4.12. The first kappa shape index (κ1) is 9.09. The number of aromatic nitrogens is 3. The van der Waals surface area contributed by atoms with Crippen LogP contribution in [0, 0.1) is 0 Å². The molecule has 2 aliphatic rings. The van der Waals surface area contributed by atoms with Gasteiger partial charge in [-0.2, -0.15) is 5.10 Å². The lowest BCUT2D eigenvalue weighted by Gasteiger charge is -2.28. The van der Waals surface area contributed by atoms with Gasteiger partial charge in [0, 0.05) is 5.54 Å². The van der Waals surface area contributed by atoms with E-state index in [4.69, 9.17) is 0 Å². The molecule has 1 N–H and O–H groups in total. The summed E-state index contributed by atoms with van der Waals surface area (Å²) in [6.45, 7) is 2.53. The molecule has 0 aromatic carbocycles. The van der Waals surface area contributed by atoms with Crippen LogP contribution in [0.25, 0.3) is 6.08 Å². The number of hydrogen-bond donors (Lipinski definition) is 1. The highest BCUT2D eigenvalue weighted by Gasteiger charge is 2.41. The molecule has 0 atom stereocenters. The van der Waals surface area contributed by atoms with Crippen molar-refractivity contribution in [1.29, 1.82) is 0 Å². The quantitative estimate of drug-likeness (QED) is 0.793. The second-order valence-corrected chi connectivity index (χ2v) is 4.50. The molecule has 0 radical (unpaired) electrons. The first-order valence-electron chi connectivity index (χ1n) is 5.69. The fraction of sp³-hybridized carbons (Fsp3) is 0.636. The molecule has 2 fully saturated rings. The largest absolute Gasteiger partial charge is 0.294 e. The summed E-state index contributed by atoms with van der Waals surface area (Å²) in [5, 5.41) is 6.72. The SMILES string of the molecule is C(=C/C12CCCN1CCC2)/c1ncn[nH]1. The molecule has 2 aliphatic heterocycles. The Morgan fingerprint density at radius 1 is 1.33 bits per heavy atom. The molecule has 3 heterocycles. The molecule has 0 saturated carbocycles. The smallest absolute Gasteiger partial charge is 0.147 e. The first-order valence-corrected chi connectivity index (χ1v) is 5.69. The van der Waals surface area contributed by atoms with Gasteiger partial charge in [-0.25, -0.2) is 4.98 Å². The van der Waals surface area contributed by atoms with Crippen LogP contribution in [0.4, 0.5) is 0 Å². The number of rotatable bonds is 2. The monoisotopic (exact) mass is 204 g/mol. The van der Waals surface area contributed by atoms with E-state index in [1.807, 2.05) is 0 Å². The first-order chi connectivity index (χ1) is 7.39. The molecular formula is C11H16N4. The zero-order chi connectivity index (χ0) is 10.1. The van der Waals surface area contributed by atoms with Crippen LogP contribution in [-0.2, 0) is 0 Å². The third-order valence-electron chi connectivity index (χ3n) is 3.69. The minimum Gasteiger partial charge on any atom is -0.294 e. The van der Waals surface area contributed by atoms with E-state index >= 15 is 0 Å². The second-order valence-electron chi connectivity index (χ2n) is 4.50. The highest BCUT2D eigenvalue weighted by molar-refractivity contribution is 5.42. The summed E-state index contributed by atoms with van der Waals surface area (Å²) < 4.78 is 0. The number of nitrogens with one attached hydrogen (secondary N) is 1. The summed E-state index contributed by atoms with van der Waals surface area (Å²) in [6.07, 6.45) is 11.2. The van der Waals surface area contributed by atoms with Crippen molar-refractivity contribution in [1.82, 2.24) is 20.1 Å². The van der Waals surface area contributed by atoms with Crippen molar-refractivity contribution in [3.05, 3.63) is 18.2 Å². The Labute approximate surface area is 89.4 Å². The Balaban J connectivity index is 1.81. The molecule has 0 unspecified atom stereocenters. The van der Waals surface area contributed by atoms with Crippen LogP contribution in [0.1, 0.15) is 31.5 Å². The topological polar surface area (TPSA) is 44.8 Å². The predicted octanol–water partition coefficient (Wildman–Crippen LogP) is 1.45. The van der Waals surface area contributed by atoms with Crippen LogP contribution < -0.4 is 0 Å². The summed E-state index contributed by atoms with van der Waals surface area (Å²) in [4.78, 5) is 6.73. The van der Waals surface area contributed by atoms with E-state index in [1.165, 1.54) is 38.8 Å². The Morgan fingerprint density at radius 3 is 2.80 bits per heavy atom. The van der Waals surface area contributed by atoms with Gasteiger partial charge in [0.2, 0.25) is 0 Å². The third-order valence-corrected chi connectivity index (χ3v) is 3.69. The average Bonchev–Trinajstić information content (AvgIpc) is 2.91. The van der Waals surface area contributed by atoms with Crippen LogP contribution in [0.2, 0.25) is 0 Å². The molecule has 1 aromatic heterocycles. The molecule has 4 heteroatoms. The summed E-state index contributed by atoms with van der Waals surface area (Å²) in [5.74, 6) is 0.864. The van der Waals surface area contributed by atoms with Crippen LogP contribution in [0.15, 0.2) is 12.4 Å². The zero-order valence-electron chi connectivity index (χ0n) is 8.82. The van der Waals surface area contributed by atoms with E-state index < -0.39 is 0 Å². The van der Waals surface area contributed by atoms with Crippen molar-refractivity contribution in [3.8, 4) is 0 Å². The van der Waals surface area contributed by atoms with Gasteiger partial charge in [0.05, 0.1) is 0 Å². The number of aromatic amines is 1. The van der Waals surface area contributed by atoms with Crippen molar-refractivity contribution >= 4 is 6.08 Å². The minimum absolute atomic E-state index is 0.340. The number of fused-ring (bicyclic) bond motifs is 1. The molecule has 4 nitrogen and oxygen atoms in total. The molecule has 0 aliphatic carbocycles. The van der Waals surface area contributed by atoms with Crippen molar-refractivity contribution < 1.29 is 0 Å². The van der Waals surface area contributed by atoms with E-state index in [-0.39, 0.29) is 0 Å². The maximum atomic E-state index is 4.12. The predicted molar refractivity (Wildman–Crippen MR) is 58.2 cm³/mol. The fourth-order valence-electron chi connectivity index (χ4n) is 2.95. The van der Waals surface area contributed by atoms with Gasteiger partial charge in [0.1, 0.15) is 12.2 Å². The number of H-pyrrole nitrogens is 1. The molecule has 3 rings (SSSR count). The second kappa shape index (κ2) is 3.45. The summed E-state index contributed by atoms with van der Waals surface area (Å²) in [6, 6.07) is 0. The molecule has 80 valence electrons. The van der Waals surface area contributed by atoms with E-state index in [2.05, 4.69) is 32.2 Å². The highest BCUT2D eigenvalue weighted by atomic mass is 15.2. The van der Waals surface area contributed by atoms with Gasteiger partial charge in [-0.1, -0.05) is 6.08 Å². The lowest BCUT2D eigenvalue weighted by atomic mass is 9.93. The molecule has 0 spiro atoms. The van der Waals surface area contributed by atoms with E-state index in [0.29, 0.717) is 5.54 Å². The van der Waals surface area contributed by atoms with Crippen LogP contribution in [0.3, 0.4) is 0 Å². The molecule has 0 amide bonds. The van der Waals surface area contributed by atoms with Gasteiger partial charge in [-0.05, 0) is 44.8 Å². The standard InChI is InChI=1S/C11H16N4/c1-4-11(5-2-8-15(11)7-1)6-3-10-12-9-13-14-10/h3,6,9H,1-2,4-5,7-8H2,(H,12,13,14)/b6-3-. The minimum atomic E-state index is 0.340. The summed E-state index contributed by atoms with van der Waals surface area (Å²) >= 11 is 0. The van der Waals surface area contributed by atoms with Crippen LogP contribution in [0.5, 0.6) is 0 Å². The molecule has 1 aromatic rings. The van der Waals surface area contributed by atoms with E-state index in [1.54, 1.807) is 6.33 Å². The normalized spacial score (nSPS) is 25.1.